The Morgan fingerprint density at radius 2 is 2.14 bits per heavy atom. The molecule has 0 saturated carbocycles. The van der Waals surface area contributed by atoms with Gasteiger partial charge in [-0.2, -0.15) is 0 Å². The fourth-order valence-corrected chi connectivity index (χ4v) is 1.38. The number of methoxy groups -OCH3 is 1. The van der Waals surface area contributed by atoms with E-state index in [9.17, 15) is 4.79 Å². The Labute approximate surface area is 80.9 Å². The summed E-state index contributed by atoms with van der Waals surface area (Å²) < 4.78 is 10.2. The van der Waals surface area contributed by atoms with E-state index in [1.54, 1.807) is 26.2 Å². The molecule has 1 aromatic heterocycles. The van der Waals surface area contributed by atoms with Crippen LogP contribution >= 0.6 is 0 Å². The summed E-state index contributed by atoms with van der Waals surface area (Å²) in [5.41, 5.74) is 0.790. The Morgan fingerprint density at radius 1 is 1.36 bits per heavy atom. The lowest BCUT2D eigenvalue weighted by molar-refractivity contribution is 0.406. The second-order valence-corrected chi connectivity index (χ2v) is 3.10. The molecule has 0 atom stereocenters. The minimum Gasteiger partial charge on any atom is -0.493 e. The first-order chi connectivity index (χ1) is 6.72. The highest BCUT2D eigenvalue weighted by atomic mass is 16.5. The fourth-order valence-electron chi connectivity index (χ4n) is 1.38. The smallest absolute Gasteiger partial charge is 0.339 e. The van der Waals surface area contributed by atoms with Gasteiger partial charge in [0.25, 0.3) is 0 Å². The first kappa shape index (κ1) is 8.81. The molecule has 0 bridgehead atoms. The number of rotatable bonds is 1. The Balaban J connectivity index is 2.88. The van der Waals surface area contributed by atoms with Crippen molar-refractivity contribution in [3.8, 4) is 5.75 Å². The quantitative estimate of drug-likeness (QED) is 0.646. The van der Waals surface area contributed by atoms with Gasteiger partial charge in [0.2, 0.25) is 0 Å². The van der Waals surface area contributed by atoms with Gasteiger partial charge in [0.1, 0.15) is 0 Å². The van der Waals surface area contributed by atoms with Gasteiger partial charge < -0.3 is 9.15 Å². The molecule has 0 aliphatic carbocycles. The lowest BCUT2D eigenvalue weighted by Crippen LogP contribution is -2.02. The van der Waals surface area contributed by atoms with Gasteiger partial charge in [-0.3, -0.25) is 0 Å². The van der Waals surface area contributed by atoms with Crippen molar-refractivity contribution in [2.75, 3.05) is 7.11 Å². The topological polar surface area (TPSA) is 39.4 Å². The van der Waals surface area contributed by atoms with E-state index in [0.29, 0.717) is 16.9 Å². The molecule has 0 radical (unpaired) electrons. The molecule has 0 saturated heterocycles. The third-order valence-corrected chi connectivity index (χ3v) is 2.12. The average molecular weight is 190 g/mol. The van der Waals surface area contributed by atoms with Gasteiger partial charge in [-0.1, -0.05) is 12.1 Å². The molecule has 0 unspecified atom stereocenters. The number of ether oxygens (including phenoxy) is 1. The first-order valence-corrected chi connectivity index (χ1v) is 4.30. The molecule has 0 spiro atoms. The third-order valence-electron chi connectivity index (χ3n) is 2.12. The SMILES string of the molecule is COc1cccc2cc(C)c(=O)oc12. The van der Waals surface area contributed by atoms with Crippen molar-refractivity contribution in [2.24, 2.45) is 0 Å². The summed E-state index contributed by atoms with van der Waals surface area (Å²) in [4.78, 5) is 11.3. The Bertz CT molecular complexity index is 526. The molecule has 1 aromatic carbocycles. The van der Waals surface area contributed by atoms with Crippen LogP contribution in [0.2, 0.25) is 0 Å². The number of hydrogen-bond acceptors (Lipinski definition) is 3. The number of fused-ring (bicyclic) bond motifs is 1. The third kappa shape index (κ3) is 1.27. The van der Waals surface area contributed by atoms with E-state index in [-0.39, 0.29) is 5.63 Å². The van der Waals surface area contributed by atoms with Crippen LogP contribution in [0.5, 0.6) is 5.75 Å². The second kappa shape index (κ2) is 3.18. The van der Waals surface area contributed by atoms with Crippen molar-refractivity contribution >= 4 is 11.0 Å². The number of hydrogen-bond donors (Lipinski definition) is 0. The van der Waals surface area contributed by atoms with Crippen molar-refractivity contribution < 1.29 is 9.15 Å². The van der Waals surface area contributed by atoms with Crippen molar-refractivity contribution in [3.63, 3.8) is 0 Å². The fraction of sp³-hybridized carbons (Fsp3) is 0.182. The molecule has 0 N–H and O–H groups in total. The summed E-state index contributed by atoms with van der Waals surface area (Å²) in [5, 5.41) is 0.876. The number of para-hydroxylation sites is 1. The second-order valence-electron chi connectivity index (χ2n) is 3.10. The maximum atomic E-state index is 11.3. The molecule has 0 fully saturated rings. The van der Waals surface area contributed by atoms with Crippen LogP contribution in [-0.2, 0) is 0 Å². The van der Waals surface area contributed by atoms with Crippen LogP contribution in [0.4, 0.5) is 0 Å². The largest absolute Gasteiger partial charge is 0.493 e. The molecule has 14 heavy (non-hydrogen) atoms. The van der Waals surface area contributed by atoms with Crippen molar-refractivity contribution in [2.45, 2.75) is 6.92 Å². The highest BCUT2D eigenvalue weighted by Gasteiger charge is 2.05. The average Bonchev–Trinajstić information content (AvgIpc) is 2.19. The molecular formula is C11H10O3. The molecule has 72 valence electrons. The molecule has 0 aliphatic heterocycles. The monoisotopic (exact) mass is 190 g/mol. The zero-order valence-corrected chi connectivity index (χ0v) is 8.03. The zero-order valence-electron chi connectivity index (χ0n) is 8.03. The summed E-state index contributed by atoms with van der Waals surface area (Å²) in [6, 6.07) is 7.30. The summed E-state index contributed by atoms with van der Waals surface area (Å²) in [5.74, 6) is 0.583. The Hall–Kier alpha value is -1.77. The standard InChI is InChI=1S/C11H10O3/c1-7-6-8-4-3-5-9(13-2)10(8)14-11(7)12/h3-6H,1-2H3. The highest BCUT2D eigenvalue weighted by Crippen LogP contribution is 2.23. The van der Waals surface area contributed by atoms with Crippen LogP contribution in [-0.4, -0.2) is 7.11 Å². The lowest BCUT2D eigenvalue weighted by atomic mass is 10.2. The summed E-state index contributed by atoms with van der Waals surface area (Å²) in [6.07, 6.45) is 0. The van der Waals surface area contributed by atoms with E-state index in [2.05, 4.69) is 0 Å². The molecule has 3 nitrogen and oxygen atoms in total. The molecule has 0 amide bonds. The summed E-state index contributed by atoms with van der Waals surface area (Å²) in [6.45, 7) is 1.73. The van der Waals surface area contributed by atoms with Crippen molar-refractivity contribution in [1.82, 2.24) is 0 Å². The van der Waals surface area contributed by atoms with Crippen LogP contribution in [0.3, 0.4) is 0 Å². The van der Waals surface area contributed by atoms with Crippen LogP contribution < -0.4 is 10.4 Å². The number of aryl methyl sites for hydroxylation is 1. The van der Waals surface area contributed by atoms with Crippen molar-refractivity contribution in [3.05, 3.63) is 40.2 Å². The normalized spacial score (nSPS) is 10.4. The van der Waals surface area contributed by atoms with E-state index in [1.807, 2.05) is 12.1 Å². The van der Waals surface area contributed by atoms with Gasteiger partial charge in [0, 0.05) is 10.9 Å². The van der Waals surface area contributed by atoms with Gasteiger partial charge in [0.05, 0.1) is 7.11 Å². The maximum Gasteiger partial charge on any atom is 0.339 e. The van der Waals surface area contributed by atoms with Crippen molar-refractivity contribution in [1.29, 1.82) is 0 Å². The van der Waals surface area contributed by atoms with Gasteiger partial charge in [0.15, 0.2) is 11.3 Å². The Morgan fingerprint density at radius 3 is 2.86 bits per heavy atom. The van der Waals surface area contributed by atoms with E-state index in [1.165, 1.54) is 0 Å². The van der Waals surface area contributed by atoms with E-state index < -0.39 is 0 Å². The van der Waals surface area contributed by atoms with Crippen LogP contribution in [0.15, 0.2) is 33.5 Å². The molecule has 3 heteroatoms. The van der Waals surface area contributed by atoms with Crippen LogP contribution in [0.1, 0.15) is 5.56 Å². The van der Waals surface area contributed by atoms with Gasteiger partial charge in [-0.15, -0.1) is 0 Å². The summed E-state index contributed by atoms with van der Waals surface area (Å²) >= 11 is 0. The van der Waals surface area contributed by atoms with Gasteiger partial charge in [-0.25, -0.2) is 4.79 Å². The minimum absolute atomic E-state index is 0.318. The number of benzene rings is 1. The minimum atomic E-state index is -0.318. The summed E-state index contributed by atoms with van der Waals surface area (Å²) in [7, 11) is 1.55. The molecule has 2 aromatic rings. The van der Waals surface area contributed by atoms with E-state index in [0.717, 1.165) is 5.39 Å². The molecule has 1 heterocycles. The zero-order chi connectivity index (χ0) is 10.1. The highest BCUT2D eigenvalue weighted by molar-refractivity contribution is 5.82. The van der Waals surface area contributed by atoms with E-state index >= 15 is 0 Å². The predicted octanol–water partition coefficient (Wildman–Crippen LogP) is 2.11. The lowest BCUT2D eigenvalue weighted by Gasteiger charge is -2.03. The molecule has 2 rings (SSSR count). The first-order valence-electron chi connectivity index (χ1n) is 4.30. The van der Waals surface area contributed by atoms with Crippen LogP contribution in [0.25, 0.3) is 11.0 Å². The Kier molecular flexibility index (Phi) is 2.00. The van der Waals surface area contributed by atoms with E-state index in [4.69, 9.17) is 9.15 Å². The van der Waals surface area contributed by atoms with Gasteiger partial charge >= 0.3 is 5.63 Å². The van der Waals surface area contributed by atoms with Crippen LogP contribution in [0, 0.1) is 6.92 Å². The van der Waals surface area contributed by atoms with Gasteiger partial charge in [-0.05, 0) is 19.1 Å². The maximum absolute atomic E-state index is 11.3. The molecular weight excluding hydrogens is 180 g/mol. The molecule has 0 aliphatic rings. The predicted molar refractivity (Wildman–Crippen MR) is 53.8 cm³/mol.